The number of nitrogens with one attached hydrogen (secondary N) is 1. The van der Waals surface area contributed by atoms with Gasteiger partial charge in [0.25, 0.3) is 0 Å². The van der Waals surface area contributed by atoms with Gasteiger partial charge in [-0.2, -0.15) is 0 Å². The number of hydrogen-bond donors (Lipinski definition) is 1. The molecule has 1 atom stereocenters. The van der Waals surface area contributed by atoms with E-state index >= 15 is 0 Å². The summed E-state index contributed by atoms with van der Waals surface area (Å²) < 4.78 is 27.1. The number of aryl methyl sites for hydroxylation is 1. The first-order valence-corrected chi connectivity index (χ1v) is 6.76. The van der Waals surface area contributed by atoms with Gasteiger partial charge in [0, 0.05) is 11.1 Å². The maximum absolute atomic E-state index is 13.8. The third-order valence-electron chi connectivity index (χ3n) is 3.37. The quantitative estimate of drug-likeness (QED) is 0.880. The Hall–Kier alpha value is -1.45. The molecular weight excluding hydrogens is 280 g/mol. The Bertz CT molecular complexity index is 613. The third-order valence-corrected chi connectivity index (χ3v) is 3.61. The second kappa shape index (κ2) is 6.33. The van der Waals surface area contributed by atoms with Crippen LogP contribution in [0, 0.1) is 18.6 Å². The van der Waals surface area contributed by atoms with E-state index in [0.29, 0.717) is 22.6 Å². The van der Waals surface area contributed by atoms with E-state index in [0.717, 1.165) is 5.56 Å². The van der Waals surface area contributed by atoms with Crippen molar-refractivity contribution >= 4 is 11.6 Å². The molecule has 0 saturated heterocycles. The highest BCUT2D eigenvalue weighted by Gasteiger charge is 2.14. The lowest BCUT2D eigenvalue weighted by molar-refractivity contribution is 0.551. The molecule has 0 saturated carbocycles. The van der Waals surface area contributed by atoms with Crippen molar-refractivity contribution < 1.29 is 8.78 Å². The zero-order valence-corrected chi connectivity index (χ0v) is 12.1. The lowest BCUT2D eigenvalue weighted by atomic mass is 9.97. The zero-order valence-electron chi connectivity index (χ0n) is 11.4. The Labute approximate surface area is 122 Å². The average molecular weight is 296 g/mol. The van der Waals surface area contributed by atoms with E-state index < -0.39 is 0 Å². The van der Waals surface area contributed by atoms with Crippen LogP contribution in [0.5, 0.6) is 0 Å². The van der Waals surface area contributed by atoms with Crippen molar-refractivity contribution in [3.8, 4) is 0 Å². The van der Waals surface area contributed by atoms with Crippen LogP contribution in [0.1, 0.15) is 22.7 Å². The standard InChI is InChI=1S/C16H16ClF2N/c1-10-7-12(4-6-14(10)18)16(20-2)8-11-3-5-13(17)9-15(11)19/h3-7,9,16,20H,8H2,1-2H3. The highest BCUT2D eigenvalue weighted by atomic mass is 35.5. The third kappa shape index (κ3) is 3.35. The fraction of sp³-hybridized carbons (Fsp3) is 0.250. The van der Waals surface area contributed by atoms with Gasteiger partial charge < -0.3 is 5.32 Å². The number of benzene rings is 2. The van der Waals surface area contributed by atoms with Gasteiger partial charge in [-0.15, -0.1) is 0 Å². The first kappa shape index (κ1) is 14.9. The van der Waals surface area contributed by atoms with Gasteiger partial charge in [-0.3, -0.25) is 0 Å². The van der Waals surface area contributed by atoms with Crippen molar-refractivity contribution in [2.45, 2.75) is 19.4 Å². The van der Waals surface area contributed by atoms with Crippen molar-refractivity contribution in [1.29, 1.82) is 0 Å². The van der Waals surface area contributed by atoms with E-state index in [4.69, 9.17) is 11.6 Å². The smallest absolute Gasteiger partial charge is 0.127 e. The van der Waals surface area contributed by atoms with Crippen LogP contribution in [0.2, 0.25) is 5.02 Å². The van der Waals surface area contributed by atoms with Gasteiger partial charge in [-0.05, 0) is 55.3 Å². The molecule has 1 unspecified atom stereocenters. The summed E-state index contributed by atoms with van der Waals surface area (Å²) in [6.07, 6.45) is 0.477. The van der Waals surface area contributed by atoms with E-state index in [1.54, 1.807) is 38.2 Å². The second-order valence-corrected chi connectivity index (χ2v) is 5.23. The van der Waals surface area contributed by atoms with Gasteiger partial charge in [-0.25, -0.2) is 8.78 Å². The number of halogens is 3. The van der Waals surface area contributed by atoms with Crippen molar-refractivity contribution in [2.75, 3.05) is 7.05 Å². The topological polar surface area (TPSA) is 12.0 Å². The summed E-state index contributed by atoms with van der Waals surface area (Å²) in [7, 11) is 1.80. The van der Waals surface area contributed by atoms with Gasteiger partial charge >= 0.3 is 0 Å². The lowest BCUT2D eigenvalue weighted by Crippen LogP contribution is -2.19. The predicted octanol–water partition coefficient (Wildman–Crippen LogP) is 4.43. The normalized spacial score (nSPS) is 12.4. The van der Waals surface area contributed by atoms with Crippen LogP contribution < -0.4 is 5.32 Å². The van der Waals surface area contributed by atoms with E-state index in [1.165, 1.54) is 12.1 Å². The Morgan fingerprint density at radius 2 is 1.85 bits per heavy atom. The molecule has 20 heavy (non-hydrogen) atoms. The molecule has 0 aromatic heterocycles. The fourth-order valence-electron chi connectivity index (χ4n) is 2.18. The maximum atomic E-state index is 13.8. The monoisotopic (exact) mass is 295 g/mol. The van der Waals surface area contributed by atoms with E-state index in [2.05, 4.69) is 5.32 Å². The summed E-state index contributed by atoms with van der Waals surface area (Å²) in [6, 6.07) is 9.51. The van der Waals surface area contributed by atoms with E-state index in [9.17, 15) is 8.78 Å². The highest BCUT2D eigenvalue weighted by Crippen LogP contribution is 2.23. The summed E-state index contributed by atoms with van der Waals surface area (Å²) in [4.78, 5) is 0. The molecule has 1 nitrogen and oxygen atoms in total. The molecule has 0 radical (unpaired) electrons. The molecule has 0 heterocycles. The fourth-order valence-corrected chi connectivity index (χ4v) is 2.34. The number of hydrogen-bond acceptors (Lipinski definition) is 1. The summed E-state index contributed by atoms with van der Waals surface area (Å²) in [5.41, 5.74) is 2.09. The highest BCUT2D eigenvalue weighted by molar-refractivity contribution is 6.30. The molecule has 0 spiro atoms. The molecule has 0 aliphatic carbocycles. The summed E-state index contributed by atoms with van der Waals surface area (Å²) in [6.45, 7) is 1.72. The van der Waals surface area contributed by atoms with Crippen LogP contribution in [-0.4, -0.2) is 7.05 Å². The molecule has 0 amide bonds. The van der Waals surface area contributed by atoms with Crippen LogP contribution in [0.4, 0.5) is 8.78 Å². The van der Waals surface area contributed by atoms with E-state index in [-0.39, 0.29) is 17.7 Å². The number of rotatable bonds is 4. The minimum Gasteiger partial charge on any atom is -0.313 e. The first-order valence-electron chi connectivity index (χ1n) is 6.38. The van der Waals surface area contributed by atoms with Crippen molar-refractivity contribution in [3.05, 3.63) is 69.7 Å². The van der Waals surface area contributed by atoms with Crippen LogP contribution in [0.15, 0.2) is 36.4 Å². The van der Waals surface area contributed by atoms with E-state index in [1.807, 2.05) is 0 Å². The largest absolute Gasteiger partial charge is 0.313 e. The average Bonchev–Trinajstić information content (AvgIpc) is 2.41. The first-order chi connectivity index (χ1) is 9.51. The second-order valence-electron chi connectivity index (χ2n) is 4.79. The molecule has 0 fully saturated rings. The molecule has 2 aromatic rings. The lowest BCUT2D eigenvalue weighted by Gasteiger charge is -2.18. The zero-order chi connectivity index (χ0) is 14.7. The van der Waals surface area contributed by atoms with Gasteiger partial charge in [-0.1, -0.05) is 29.8 Å². The van der Waals surface area contributed by atoms with Gasteiger partial charge in [0.1, 0.15) is 11.6 Å². The van der Waals surface area contributed by atoms with Crippen LogP contribution in [0.25, 0.3) is 0 Å². The van der Waals surface area contributed by atoms with Crippen molar-refractivity contribution in [3.63, 3.8) is 0 Å². The molecule has 106 valence electrons. The minimum atomic E-state index is -0.323. The number of likely N-dealkylation sites (N-methyl/N-ethyl adjacent to an activating group) is 1. The summed E-state index contributed by atoms with van der Waals surface area (Å²) >= 11 is 5.75. The van der Waals surface area contributed by atoms with Gasteiger partial charge in [0.05, 0.1) is 0 Å². The van der Waals surface area contributed by atoms with Crippen LogP contribution in [0.3, 0.4) is 0 Å². The summed E-state index contributed by atoms with van der Waals surface area (Å²) in [5, 5.41) is 3.51. The molecule has 0 bridgehead atoms. The Morgan fingerprint density at radius 1 is 1.10 bits per heavy atom. The van der Waals surface area contributed by atoms with Crippen molar-refractivity contribution in [2.24, 2.45) is 0 Å². The molecule has 4 heteroatoms. The molecular formula is C16H16ClF2N. The minimum absolute atomic E-state index is 0.0787. The Balaban J connectivity index is 2.26. The van der Waals surface area contributed by atoms with Gasteiger partial charge in [0.15, 0.2) is 0 Å². The molecule has 2 aromatic carbocycles. The molecule has 2 rings (SSSR count). The Morgan fingerprint density at radius 3 is 2.45 bits per heavy atom. The molecule has 0 aliphatic rings. The van der Waals surface area contributed by atoms with Crippen LogP contribution >= 0.6 is 11.6 Å². The SMILES string of the molecule is CNC(Cc1ccc(Cl)cc1F)c1ccc(F)c(C)c1. The Kier molecular flexibility index (Phi) is 4.73. The van der Waals surface area contributed by atoms with Gasteiger partial charge in [0.2, 0.25) is 0 Å². The maximum Gasteiger partial charge on any atom is 0.127 e. The molecule has 0 aliphatic heterocycles. The molecule has 1 N–H and O–H groups in total. The summed E-state index contributed by atoms with van der Waals surface area (Å²) in [5.74, 6) is -0.558. The predicted molar refractivity (Wildman–Crippen MR) is 78.1 cm³/mol. The van der Waals surface area contributed by atoms with Crippen molar-refractivity contribution in [1.82, 2.24) is 5.32 Å². The van der Waals surface area contributed by atoms with Crippen LogP contribution in [-0.2, 0) is 6.42 Å².